The van der Waals surface area contributed by atoms with Gasteiger partial charge in [0, 0.05) is 21.3 Å². The first-order valence-electron chi connectivity index (χ1n) is 3.95. The van der Waals surface area contributed by atoms with Gasteiger partial charge < -0.3 is 5.73 Å². The van der Waals surface area contributed by atoms with Gasteiger partial charge in [0.1, 0.15) is 6.29 Å². The van der Waals surface area contributed by atoms with Crippen molar-refractivity contribution in [2.75, 3.05) is 5.73 Å². The maximum atomic E-state index is 10.7. The molecule has 0 radical (unpaired) electrons. The molecule has 2 nitrogen and oxygen atoms in total. The third-order valence-corrected chi connectivity index (χ3v) is 3.22. The third kappa shape index (κ3) is 1.12. The molecule has 13 heavy (non-hydrogen) atoms. The Bertz CT molecular complexity index is 473. The summed E-state index contributed by atoms with van der Waals surface area (Å²) < 4.78 is 1.11. The number of aryl methyl sites for hydroxylation is 1. The first-order valence-corrected chi connectivity index (χ1v) is 4.83. The van der Waals surface area contributed by atoms with Crippen LogP contribution in [0.15, 0.2) is 17.5 Å². The Balaban J connectivity index is 2.93. The fourth-order valence-corrected chi connectivity index (χ4v) is 2.38. The lowest BCUT2D eigenvalue weighted by Crippen LogP contribution is -1.92. The summed E-state index contributed by atoms with van der Waals surface area (Å²) in [6.45, 7) is 1.95. The lowest BCUT2D eigenvalue weighted by atomic mass is 10.1. The van der Waals surface area contributed by atoms with E-state index in [9.17, 15) is 4.79 Å². The number of hydrogen-bond donors (Lipinski definition) is 1. The van der Waals surface area contributed by atoms with Gasteiger partial charge in [0.15, 0.2) is 0 Å². The van der Waals surface area contributed by atoms with Crippen molar-refractivity contribution in [1.29, 1.82) is 0 Å². The van der Waals surface area contributed by atoms with Crippen LogP contribution in [0.2, 0.25) is 0 Å². The molecule has 0 atom stereocenters. The van der Waals surface area contributed by atoms with Gasteiger partial charge in [0.05, 0.1) is 0 Å². The Hall–Kier alpha value is -1.35. The summed E-state index contributed by atoms with van der Waals surface area (Å²) in [7, 11) is 0. The molecule has 2 N–H and O–H groups in total. The number of nitrogens with two attached hydrogens (primary N) is 1. The minimum absolute atomic E-state index is 0.684. The van der Waals surface area contributed by atoms with E-state index in [2.05, 4.69) is 0 Å². The van der Waals surface area contributed by atoms with Gasteiger partial charge in [-0.2, -0.15) is 0 Å². The van der Waals surface area contributed by atoms with Gasteiger partial charge in [-0.3, -0.25) is 4.79 Å². The minimum Gasteiger partial charge on any atom is -0.398 e. The zero-order valence-electron chi connectivity index (χ0n) is 7.20. The normalized spacial score (nSPS) is 10.5. The van der Waals surface area contributed by atoms with E-state index < -0.39 is 0 Å². The van der Waals surface area contributed by atoms with Crippen LogP contribution >= 0.6 is 11.3 Å². The molecule has 0 aliphatic carbocycles. The summed E-state index contributed by atoms with van der Waals surface area (Å²) in [5, 5.41) is 3.04. The lowest BCUT2D eigenvalue weighted by Gasteiger charge is -2.02. The highest BCUT2D eigenvalue weighted by Gasteiger charge is 2.07. The lowest BCUT2D eigenvalue weighted by molar-refractivity contribution is 0.112. The van der Waals surface area contributed by atoms with E-state index in [-0.39, 0.29) is 0 Å². The summed E-state index contributed by atoms with van der Waals surface area (Å²) in [5.74, 6) is 0. The predicted molar refractivity (Wildman–Crippen MR) is 56.4 cm³/mol. The molecule has 0 aliphatic heterocycles. The van der Waals surface area contributed by atoms with Gasteiger partial charge in [-0.05, 0) is 30.0 Å². The van der Waals surface area contributed by atoms with Gasteiger partial charge in [0.25, 0.3) is 0 Å². The van der Waals surface area contributed by atoms with Crippen LogP contribution in [0, 0.1) is 6.92 Å². The second kappa shape index (κ2) is 2.85. The molecule has 1 aromatic heterocycles. The van der Waals surface area contributed by atoms with Crippen molar-refractivity contribution < 1.29 is 4.79 Å². The van der Waals surface area contributed by atoms with Crippen molar-refractivity contribution in [2.24, 2.45) is 0 Å². The molecule has 2 aromatic rings. The summed E-state index contributed by atoms with van der Waals surface area (Å²) in [6, 6.07) is 3.72. The minimum atomic E-state index is 0.684. The van der Waals surface area contributed by atoms with Crippen molar-refractivity contribution in [3.05, 3.63) is 28.6 Å². The predicted octanol–water partition coefficient (Wildman–Crippen LogP) is 2.60. The van der Waals surface area contributed by atoms with Crippen molar-refractivity contribution in [3.8, 4) is 0 Å². The first kappa shape index (κ1) is 8.26. The van der Waals surface area contributed by atoms with Crippen LogP contribution in [-0.4, -0.2) is 6.29 Å². The van der Waals surface area contributed by atoms with E-state index in [0.29, 0.717) is 11.3 Å². The SMILES string of the molecule is Cc1c(C=O)cc(N)c2ccsc12. The maximum Gasteiger partial charge on any atom is 0.150 e. The van der Waals surface area contributed by atoms with E-state index in [0.717, 1.165) is 21.9 Å². The van der Waals surface area contributed by atoms with Gasteiger partial charge >= 0.3 is 0 Å². The first-order chi connectivity index (χ1) is 6.24. The number of aldehydes is 1. The molecule has 1 heterocycles. The summed E-state index contributed by atoms with van der Waals surface area (Å²) >= 11 is 1.62. The number of thiophene rings is 1. The third-order valence-electron chi connectivity index (χ3n) is 2.19. The highest BCUT2D eigenvalue weighted by atomic mass is 32.1. The molecule has 0 aliphatic rings. The molecule has 0 bridgehead atoms. The molecule has 0 unspecified atom stereocenters. The molecule has 66 valence electrons. The molecular formula is C10H9NOS. The second-order valence-corrected chi connectivity index (χ2v) is 3.88. The molecule has 0 saturated carbocycles. The zero-order valence-corrected chi connectivity index (χ0v) is 8.02. The fraction of sp³-hybridized carbons (Fsp3) is 0.100. The quantitative estimate of drug-likeness (QED) is 0.556. The largest absolute Gasteiger partial charge is 0.398 e. The highest BCUT2D eigenvalue weighted by molar-refractivity contribution is 7.17. The maximum absolute atomic E-state index is 10.7. The van der Waals surface area contributed by atoms with Gasteiger partial charge in [-0.25, -0.2) is 0 Å². The van der Waals surface area contributed by atoms with Crippen LogP contribution in [0.3, 0.4) is 0 Å². The van der Waals surface area contributed by atoms with Gasteiger partial charge in [0.2, 0.25) is 0 Å². The molecule has 2 rings (SSSR count). The van der Waals surface area contributed by atoms with Crippen LogP contribution in [0.4, 0.5) is 5.69 Å². The van der Waals surface area contributed by atoms with Crippen molar-refractivity contribution in [2.45, 2.75) is 6.92 Å². The Morgan fingerprint density at radius 3 is 3.00 bits per heavy atom. The van der Waals surface area contributed by atoms with Crippen molar-refractivity contribution >= 4 is 33.4 Å². The summed E-state index contributed by atoms with van der Waals surface area (Å²) in [4.78, 5) is 10.7. The topological polar surface area (TPSA) is 43.1 Å². The average molecular weight is 191 g/mol. The molecule has 0 amide bonds. The molecule has 0 spiro atoms. The van der Waals surface area contributed by atoms with E-state index in [1.165, 1.54) is 0 Å². The smallest absolute Gasteiger partial charge is 0.150 e. The number of anilines is 1. The Morgan fingerprint density at radius 2 is 2.31 bits per heavy atom. The van der Waals surface area contributed by atoms with Gasteiger partial charge in [-0.1, -0.05) is 0 Å². The van der Waals surface area contributed by atoms with Crippen LogP contribution in [0.5, 0.6) is 0 Å². The molecule has 3 heteroatoms. The Morgan fingerprint density at radius 1 is 1.54 bits per heavy atom. The fourth-order valence-electron chi connectivity index (χ4n) is 1.43. The van der Waals surface area contributed by atoms with Crippen molar-refractivity contribution in [3.63, 3.8) is 0 Å². The summed E-state index contributed by atoms with van der Waals surface area (Å²) in [5.41, 5.74) is 8.19. The van der Waals surface area contributed by atoms with Crippen molar-refractivity contribution in [1.82, 2.24) is 0 Å². The monoisotopic (exact) mass is 191 g/mol. The Kier molecular flexibility index (Phi) is 1.81. The Labute approximate surface area is 80.0 Å². The number of fused-ring (bicyclic) bond motifs is 1. The average Bonchev–Trinajstić information content (AvgIpc) is 2.60. The second-order valence-electron chi connectivity index (χ2n) is 2.96. The number of hydrogen-bond acceptors (Lipinski definition) is 3. The number of carbonyl (C=O) groups excluding carboxylic acids is 1. The van der Waals surface area contributed by atoms with Crippen LogP contribution < -0.4 is 5.73 Å². The van der Waals surface area contributed by atoms with E-state index in [1.54, 1.807) is 17.4 Å². The molecular weight excluding hydrogens is 182 g/mol. The standard InChI is InChI=1S/C10H9NOS/c1-6-7(5-12)4-9(11)8-2-3-13-10(6)8/h2-5H,11H2,1H3. The van der Waals surface area contributed by atoms with E-state index in [4.69, 9.17) is 5.73 Å². The molecule has 0 saturated heterocycles. The number of carbonyl (C=O) groups is 1. The van der Waals surface area contributed by atoms with Crippen LogP contribution in [0.25, 0.3) is 10.1 Å². The zero-order chi connectivity index (χ0) is 9.42. The molecule has 0 fully saturated rings. The van der Waals surface area contributed by atoms with E-state index in [1.807, 2.05) is 18.4 Å². The number of nitrogen functional groups attached to an aromatic ring is 1. The van der Waals surface area contributed by atoms with E-state index >= 15 is 0 Å². The van der Waals surface area contributed by atoms with Crippen LogP contribution in [0.1, 0.15) is 15.9 Å². The summed E-state index contributed by atoms with van der Waals surface area (Å²) in [6.07, 6.45) is 0.852. The molecule has 1 aromatic carbocycles. The number of benzene rings is 1. The number of rotatable bonds is 1. The van der Waals surface area contributed by atoms with Gasteiger partial charge in [-0.15, -0.1) is 11.3 Å². The highest BCUT2D eigenvalue weighted by Crippen LogP contribution is 2.31. The van der Waals surface area contributed by atoms with Crippen LogP contribution in [-0.2, 0) is 0 Å².